The second-order valence-electron chi connectivity index (χ2n) is 7.45. The number of aliphatic hydroxyl groups is 1. The summed E-state index contributed by atoms with van der Waals surface area (Å²) in [5.74, 6) is -1.10. The first-order valence-electron chi connectivity index (χ1n) is 10.0. The van der Waals surface area contributed by atoms with Crippen LogP contribution in [0.25, 0.3) is 0 Å². The molecular formula is C22H24F3N3O3. The molecule has 1 unspecified atom stereocenters. The summed E-state index contributed by atoms with van der Waals surface area (Å²) in [6, 6.07) is 9.78. The molecule has 2 amide bonds. The first kappa shape index (κ1) is 22.6. The van der Waals surface area contributed by atoms with E-state index in [1.54, 1.807) is 18.2 Å². The molecular weight excluding hydrogens is 411 g/mol. The molecule has 0 bridgehead atoms. The Kier molecular flexibility index (Phi) is 7.17. The maximum Gasteiger partial charge on any atom is 0.416 e. The number of halogens is 3. The van der Waals surface area contributed by atoms with Crippen molar-refractivity contribution in [2.24, 2.45) is 0 Å². The van der Waals surface area contributed by atoms with E-state index in [0.29, 0.717) is 0 Å². The van der Waals surface area contributed by atoms with E-state index in [1.165, 1.54) is 18.2 Å². The molecule has 1 atom stereocenters. The number of alkyl halides is 3. The van der Waals surface area contributed by atoms with Crippen molar-refractivity contribution in [3.05, 3.63) is 59.7 Å². The van der Waals surface area contributed by atoms with Gasteiger partial charge in [-0.1, -0.05) is 31.0 Å². The average Bonchev–Trinajstić information content (AvgIpc) is 3.24. The van der Waals surface area contributed by atoms with Gasteiger partial charge in [0.2, 0.25) is 5.91 Å². The zero-order valence-corrected chi connectivity index (χ0v) is 16.7. The number of anilines is 2. The molecule has 2 aromatic carbocycles. The summed E-state index contributed by atoms with van der Waals surface area (Å²) >= 11 is 0. The Labute approximate surface area is 177 Å². The molecule has 2 aromatic rings. The molecule has 0 aliphatic heterocycles. The molecule has 0 radical (unpaired) electrons. The van der Waals surface area contributed by atoms with Crippen LogP contribution in [0.3, 0.4) is 0 Å². The molecule has 0 saturated heterocycles. The summed E-state index contributed by atoms with van der Waals surface area (Å²) in [6.45, 7) is -0.576. The van der Waals surface area contributed by atoms with Gasteiger partial charge in [0, 0.05) is 11.7 Å². The lowest BCUT2D eigenvalue weighted by atomic mass is 10.1. The average molecular weight is 435 g/mol. The van der Waals surface area contributed by atoms with Gasteiger partial charge in [-0.05, 0) is 43.2 Å². The third kappa shape index (κ3) is 5.97. The molecule has 31 heavy (non-hydrogen) atoms. The van der Waals surface area contributed by atoms with E-state index < -0.39 is 36.2 Å². The van der Waals surface area contributed by atoms with Crippen LogP contribution in [0.5, 0.6) is 0 Å². The Bertz CT molecular complexity index is 927. The molecule has 166 valence electrons. The van der Waals surface area contributed by atoms with Gasteiger partial charge in [0.25, 0.3) is 5.91 Å². The van der Waals surface area contributed by atoms with Crippen LogP contribution in [0.1, 0.15) is 41.6 Å². The summed E-state index contributed by atoms with van der Waals surface area (Å²) in [5, 5.41) is 17.7. The van der Waals surface area contributed by atoms with Crippen LogP contribution in [-0.4, -0.2) is 35.6 Å². The fourth-order valence-electron chi connectivity index (χ4n) is 3.52. The molecule has 0 spiro atoms. The number of carbonyl (C=O) groups is 2. The molecule has 1 aliphatic carbocycles. The Morgan fingerprint density at radius 2 is 1.77 bits per heavy atom. The van der Waals surface area contributed by atoms with Crippen LogP contribution in [0.4, 0.5) is 24.5 Å². The molecule has 6 nitrogen and oxygen atoms in total. The number of benzene rings is 2. The topological polar surface area (TPSA) is 90.5 Å². The number of amides is 2. The maximum absolute atomic E-state index is 13.0. The van der Waals surface area contributed by atoms with Crippen LogP contribution in [0, 0.1) is 0 Å². The van der Waals surface area contributed by atoms with Crippen LogP contribution in [0.15, 0.2) is 48.5 Å². The van der Waals surface area contributed by atoms with Gasteiger partial charge in [-0.15, -0.1) is 0 Å². The lowest BCUT2D eigenvalue weighted by molar-refractivity contribution is -0.137. The number of hydrogen-bond donors (Lipinski definition) is 4. The standard InChI is InChI=1S/C22H24F3N3O3/c23-22(24,25)14-6-5-9-16(12-14)26-18-11-4-3-10-17(18)20(30)28-19(13-29)21(31)27-15-7-1-2-8-15/h3-6,9-12,15,19,26,29H,1-2,7-8,13H2,(H,27,31)(H,28,30). The smallest absolute Gasteiger partial charge is 0.394 e. The molecule has 1 fully saturated rings. The minimum atomic E-state index is -4.49. The first-order chi connectivity index (χ1) is 14.8. The number of aliphatic hydroxyl groups excluding tert-OH is 1. The van der Waals surface area contributed by atoms with Gasteiger partial charge in [-0.25, -0.2) is 0 Å². The molecule has 1 aliphatic rings. The molecule has 1 saturated carbocycles. The van der Waals surface area contributed by atoms with E-state index in [9.17, 15) is 27.9 Å². The fourth-order valence-corrected chi connectivity index (χ4v) is 3.52. The Morgan fingerprint density at radius 1 is 1.06 bits per heavy atom. The molecule has 9 heteroatoms. The zero-order valence-electron chi connectivity index (χ0n) is 16.7. The van der Waals surface area contributed by atoms with E-state index in [0.717, 1.165) is 37.8 Å². The fraction of sp³-hybridized carbons (Fsp3) is 0.364. The molecule has 3 rings (SSSR count). The largest absolute Gasteiger partial charge is 0.416 e. The van der Waals surface area contributed by atoms with E-state index in [1.807, 2.05) is 0 Å². The molecule has 4 N–H and O–H groups in total. The van der Waals surface area contributed by atoms with E-state index >= 15 is 0 Å². The van der Waals surface area contributed by atoms with Crippen LogP contribution in [0.2, 0.25) is 0 Å². The summed E-state index contributed by atoms with van der Waals surface area (Å²) in [7, 11) is 0. The van der Waals surface area contributed by atoms with Gasteiger partial charge in [0.1, 0.15) is 6.04 Å². The number of hydrogen-bond acceptors (Lipinski definition) is 4. The van der Waals surface area contributed by atoms with E-state index in [2.05, 4.69) is 16.0 Å². The van der Waals surface area contributed by atoms with Gasteiger partial charge in [0.15, 0.2) is 0 Å². The number of rotatable bonds is 7. The quantitative estimate of drug-likeness (QED) is 0.535. The highest BCUT2D eigenvalue weighted by Gasteiger charge is 2.30. The van der Waals surface area contributed by atoms with Crippen molar-refractivity contribution in [3.8, 4) is 0 Å². The first-order valence-corrected chi connectivity index (χ1v) is 10.0. The highest BCUT2D eigenvalue weighted by atomic mass is 19.4. The molecule has 0 aromatic heterocycles. The predicted molar refractivity (Wildman–Crippen MR) is 110 cm³/mol. The van der Waals surface area contributed by atoms with Gasteiger partial charge in [0.05, 0.1) is 23.4 Å². The van der Waals surface area contributed by atoms with Crippen molar-refractivity contribution in [2.75, 3.05) is 11.9 Å². The van der Waals surface area contributed by atoms with Gasteiger partial charge < -0.3 is 21.1 Å². The third-order valence-electron chi connectivity index (χ3n) is 5.15. The van der Waals surface area contributed by atoms with Crippen LogP contribution >= 0.6 is 0 Å². The van der Waals surface area contributed by atoms with Gasteiger partial charge in [-0.3, -0.25) is 9.59 Å². The summed E-state index contributed by atoms with van der Waals surface area (Å²) in [4.78, 5) is 25.2. The Hall–Kier alpha value is -3.07. The summed E-state index contributed by atoms with van der Waals surface area (Å²) < 4.78 is 38.9. The van der Waals surface area contributed by atoms with Crippen molar-refractivity contribution in [3.63, 3.8) is 0 Å². The Balaban J connectivity index is 1.73. The highest BCUT2D eigenvalue weighted by Crippen LogP contribution is 2.31. The SMILES string of the molecule is O=C(NC(CO)C(=O)NC1CCCC1)c1ccccc1Nc1cccc(C(F)(F)F)c1. The minimum Gasteiger partial charge on any atom is -0.394 e. The third-order valence-corrected chi connectivity index (χ3v) is 5.15. The van der Waals surface area contributed by atoms with Crippen LogP contribution < -0.4 is 16.0 Å². The minimum absolute atomic E-state index is 0.0355. The summed E-state index contributed by atoms with van der Waals surface area (Å²) in [5.41, 5.74) is -0.254. The number of carbonyl (C=O) groups excluding carboxylic acids is 2. The van der Waals surface area contributed by atoms with Crippen molar-refractivity contribution in [1.29, 1.82) is 0 Å². The van der Waals surface area contributed by atoms with Crippen molar-refractivity contribution in [2.45, 2.75) is 43.9 Å². The highest BCUT2D eigenvalue weighted by molar-refractivity contribution is 6.02. The van der Waals surface area contributed by atoms with Crippen molar-refractivity contribution < 1.29 is 27.9 Å². The lowest BCUT2D eigenvalue weighted by Gasteiger charge is -2.20. The van der Waals surface area contributed by atoms with E-state index in [-0.39, 0.29) is 23.0 Å². The normalized spacial score (nSPS) is 15.4. The van der Waals surface area contributed by atoms with Gasteiger partial charge >= 0.3 is 6.18 Å². The second-order valence-corrected chi connectivity index (χ2v) is 7.45. The predicted octanol–water partition coefficient (Wildman–Crippen LogP) is 3.60. The van der Waals surface area contributed by atoms with Gasteiger partial charge in [-0.2, -0.15) is 13.2 Å². The number of nitrogens with one attached hydrogen (secondary N) is 3. The van der Waals surface area contributed by atoms with Crippen molar-refractivity contribution >= 4 is 23.2 Å². The molecule has 0 heterocycles. The van der Waals surface area contributed by atoms with Crippen LogP contribution in [-0.2, 0) is 11.0 Å². The van der Waals surface area contributed by atoms with Crippen molar-refractivity contribution in [1.82, 2.24) is 10.6 Å². The second kappa shape index (κ2) is 9.82. The zero-order chi connectivity index (χ0) is 22.4. The number of para-hydroxylation sites is 1. The Morgan fingerprint density at radius 3 is 2.45 bits per heavy atom. The monoisotopic (exact) mass is 435 g/mol. The maximum atomic E-state index is 13.0. The summed E-state index contributed by atoms with van der Waals surface area (Å²) in [6.07, 6.45) is -0.718. The lowest BCUT2D eigenvalue weighted by Crippen LogP contribution is -2.51. The van der Waals surface area contributed by atoms with E-state index in [4.69, 9.17) is 0 Å².